The van der Waals surface area contributed by atoms with Gasteiger partial charge in [-0.05, 0) is 19.3 Å². The highest BCUT2D eigenvalue weighted by atomic mass is 15.1. The molecule has 1 aromatic rings. The molecular formula is C12H22N4. The average Bonchev–Trinajstić information content (AvgIpc) is 2.21. The summed E-state index contributed by atoms with van der Waals surface area (Å²) in [5, 5.41) is 3.27. The number of hydrogen-bond acceptors (Lipinski definition) is 4. The Balaban J connectivity index is 2.28. The van der Waals surface area contributed by atoms with Crippen LogP contribution < -0.4 is 11.1 Å². The average molecular weight is 222 g/mol. The fourth-order valence-electron chi connectivity index (χ4n) is 1.54. The van der Waals surface area contributed by atoms with Crippen molar-refractivity contribution in [2.24, 2.45) is 5.92 Å². The lowest BCUT2D eigenvalue weighted by Crippen LogP contribution is -2.17. The molecule has 3 N–H and O–H groups in total. The van der Waals surface area contributed by atoms with Gasteiger partial charge in [-0.25, -0.2) is 9.97 Å². The van der Waals surface area contributed by atoms with Crippen molar-refractivity contribution in [1.29, 1.82) is 0 Å². The maximum Gasteiger partial charge on any atom is 0.222 e. The second-order valence-electron chi connectivity index (χ2n) is 4.71. The summed E-state index contributed by atoms with van der Waals surface area (Å²) < 4.78 is 0. The van der Waals surface area contributed by atoms with Gasteiger partial charge in [0.25, 0.3) is 0 Å². The van der Waals surface area contributed by atoms with E-state index in [1.807, 2.05) is 0 Å². The molecule has 0 aromatic carbocycles. The van der Waals surface area contributed by atoms with Gasteiger partial charge < -0.3 is 11.1 Å². The molecule has 0 fully saturated rings. The lowest BCUT2D eigenvalue weighted by atomic mass is 10.0. The molecule has 0 radical (unpaired) electrons. The standard InChI is InChI=1S/C12H22N4/c1-9(2)5-4-6-10(3)16-12-14-7-11(13)8-15-12/h7-10H,4-6,13H2,1-3H3,(H,14,15,16). The lowest BCUT2D eigenvalue weighted by molar-refractivity contribution is 0.519. The third-order valence-corrected chi connectivity index (χ3v) is 2.47. The quantitative estimate of drug-likeness (QED) is 0.776. The molecule has 0 bridgehead atoms. The van der Waals surface area contributed by atoms with Crippen molar-refractivity contribution >= 4 is 11.6 Å². The summed E-state index contributed by atoms with van der Waals surface area (Å²) in [7, 11) is 0. The maximum absolute atomic E-state index is 5.52. The Morgan fingerprint density at radius 1 is 1.19 bits per heavy atom. The molecule has 4 nitrogen and oxygen atoms in total. The highest BCUT2D eigenvalue weighted by molar-refractivity contribution is 5.36. The molecule has 1 unspecified atom stereocenters. The highest BCUT2D eigenvalue weighted by Gasteiger charge is 2.04. The van der Waals surface area contributed by atoms with Crippen molar-refractivity contribution in [3.05, 3.63) is 12.4 Å². The molecule has 0 aliphatic carbocycles. The minimum Gasteiger partial charge on any atom is -0.396 e. The molecule has 1 atom stereocenters. The number of anilines is 2. The molecular weight excluding hydrogens is 200 g/mol. The smallest absolute Gasteiger partial charge is 0.222 e. The fourth-order valence-corrected chi connectivity index (χ4v) is 1.54. The van der Waals surface area contributed by atoms with Gasteiger partial charge in [-0.3, -0.25) is 0 Å². The molecule has 1 rings (SSSR count). The Morgan fingerprint density at radius 3 is 2.38 bits per heavy atom. The largest absolute Gasteiger partial charge is 0.396 e. The second kappa shape index (κ2) is 6.30. The Labute approximate surface area is 97.7 Å². The Morgan fingerprint density at radius 2 is 1.81 bits per heavy atom. The Kier molecular flexibility index (Phi) is 5.02. The van der Waals surface area contributed by atoms with Crippen molar-refractivity contribution in [1.82, 2.24) is 9.97 Å². The van der Waals surface area contributed by atoms with Crippen LogP contribution in [0.5, 0.6) is 0 Å². The van der Waals surface area contributed by atoms with E-state index in [0.717, 1.165) is 12.3 Å². The summed E-state index contributed by atoms with van der Waals surface area (Å²) in [5.74, 6) is 1.44. The van der Waals surface area contributed by atoms with E-state index in [2.05, 4.69) is 36.1 Å². The summed E-state index contributed by atoms with van der Waals surface area (Å²) in [6.45, 7) is 6.66. The first-order valence-electron chi connectivity index (χ1n) is 5.92. The first-order valence-corrected chi connectivity index (χ1v) is 5.92. The van der Waals surface area contributed by atoms with Gasteiger partial charge in [0.15, 0.2) is 0 Å². The number of aromatic nitrogens is 2. The first kappa shape index (κ1) is 12.7. The van der Waals surface area contributed by atoms with E-state index < -0.39 is 0 Å². The second-order valence-corrected chi connectivity index (χ2v) is 4.71. The van der Waals surface area contributed by atoms with Crippen molar-refractivity contribution < 1.29 is 0 Å². The first-order chi connectivity index (χ1) is 7.58. The number of hydrogen-bond donors (Lipinski definition) is 2. The Bertz CT molecular complexity index is 294. The molecule has 0 saturated heterocycles. The summed E-state index contributed by atoms with van der Waals surface area (Å²) in [5.41, 5.74) is 6.11. The van der Waals surface area contributed by atoms with Gasteiger partial charge in [-0.1, -0.05) is 26.7 Å². The van der Waals surface area contributed by atoms with Crippen LogP contribution in [-0.4, -0.2) is 16.0 Å². The van der Waals surface area contributed by atoms with Crippen LogP contribution in [-0.2, 0) is 0 Å². The summed E-state index contributed by atoms with van der Waals surface area (Å²) in [6, 6.07) is 0.405. The van der Waals surface area contributed by atoms with E-state index in [9.17, 15) is 0 Å². The molecule has 0 spiro atoms. The zero-order valence-electron chi connectivity index (χ0n) is 10.4. The van der Waals surface area contributed by atoms with Crippen LogP contribution in [0, 0.1) is 5.92 Å². The predicted octanol–water partition coefficient (Wildman–Crippen LogP) is 2.69. The molecule has 16 heavy (non-hydrogen) atoms. The zero-order valence-corrected chi connectivity index (χ0v) is 10.4. The van der Waals surface area contributed by atoms with E-state index in [4.69, 9.17) is 5.73 Å². The maximum atomic E-state index is 5.52. The minimum absolute atomic E-state index is 0.405. The molecule has 4 heteroatoms. The Hall–Kier alpha value is -1.32. The molecule has 1 aromatic heterocycles. The summed E-state index contributed by atoms with van der Waals surface area (Å²) >= 11 is 0. The molecule has 0 aliphatic rings. The van der Waals surface area contributed by atoms with Gasteiger partial charge in [-0.2, -0.15) is 0 Å². The number of rotatable bonds is 6. The number of nitrogen functional groups attached to an aromatic ring is 1. The summed E-state index contributed by atoms with van der Waals surface area (Å²) in [6.07, 6.45) is 6.90. The number of nitrogens with two attached hydrogens (primary N) is 1. The van der Waals surface area contributed by atoms with Gasteiger partial charge in [0.1, 0.15) is 0 Å². The van der Waals surface area contributed by atoms with Crippen LogP contribution in [0.25, 0.3) is 0 Å². The van der Waals surface area contributed by atoms with Crippen LogP contribution in [0.2, 0.25) is 0 Å². The minimum atomic E-state index is 0.405. The SMILES string of the molecule is CC(C)CCCC(C)Nc1ncc(N)cn1. The fraction of sp³-hybridized carbons (Fsp3) is 0.667. The van der Waals surface area contributed by atoms with Gasteiger partial charge in [0.05, 0.1) is 18.1 Å². The highest BCUT2D eigenvalue weighted by Crippen LogP contribution is 2.11. The van der Waals surface area contributed by atoms with Crippen LogP contribution in [0.15, 0.2) is 12.4 Å². The third-order valence-electron chi connectivity index (χ3n) is 2.47. The molecule has 90 valence electrons. The molecule has 0 amide bonds. The number of nitrogens with one attached hydrogen (secondary N) is 1. The molecule has 0 aliphatic heterocycles. The van der Waals surface area contributed by atoms with E-state index in [-0.39, 0.29) is 0 Å². The van der Waals surface area contributed by atoms with Crippen LogP contribution >= 0.6 is 0 Å². The lowest BCUT2D eigenvalue weighted by Gasteiger charge is -2.14. The zero-order chi connectivity index (χ0) is 12.0. The van der Waals surface area contributed by atoms with Crippen molar-refractivity contribution in [2.45, 2.75) is 46.1 Å². The monoisotopic (exact) mass is 222 g/mol. The van der Waals surface area contributed by atoms with Crippen LogP contribution in [0.1, 0.15) is 40.0 Å². The topological polar surface area (TPSA) is 63.8 Å². The third kappa shape index (κ3) is 4.96. The molecule has 0 saturated carbocycles. The van der Waals surface area contributed by atoms with Crippen LogP contribution in [0.3, 0.4) is 0 Å². The van der Waals surface area contributed by atoms with E-state index >= 15 is 0 Å². The van der Waals surface area contributed by atoms with Gasteiger partial charge in [-0.15, -0.1) is 0 Å². The predicted molar refractivity (Wildman–Crippen MR) is 68.2 cm³/mol. The van der Waals surface area contributed by atoms with E-state index in [1.54, 1.807) is 12.4 Å². The summed E-state index contributed by atoms with van der Waals surface area (Å²) in [4.78, 5) is 8.23. The van der Waals surface area contributed by atoms with Gasteiger partial charge >= 0.3 is 0 Å². The normalized spacial score (nSPS) is 12.8. The van der Waals surface area contributed by atoms with Gasteiger partial charge in [0.2, 0.25) is 5.95 Å². The van der Waals surface area contributed by atoms with E-state index in [1.165, 1.54) is 12.8 Å². The van der Waals surface area contributed by atoms with Crippen molar-refractivity contribution in [3.8, 4) is 0 Å². The van der Waals surface area contributed by atoms with E-state index in [0.29, 0.717) is 17.7 Å². The number of nitrogens with zero attached hydrogens (tertiary/aromatic N) is 2. The van der Waals surface area contributed by atoms with Crippen molar-refractivity contribution in [3.63, 3.8) is 0 Å². The van der Waals surface area contributed by atoms with Crippen molar-refractivity contribution in [2.75, 3.05) is 11.1 Å². The molecule has 1 heterocycles. The van der Waals surface area contributed by atoms with Gasteiger partial charge in [0, 0.05) is 6.04 Å². The van der Waals surface area contributed by atoms with Crippen LogP contribution in [0.4, 0.5) is 11.6 Å².